The Morgan fingerprint density at radius 1 is 1.59 bits per heavy atom. The SMILES string of the molecule is C=C(C)CN(CC)c1nccc(C)c1C(=O)O. The molecular weight excluding hydrogens is 216 g/mol. The Balaban J connectivity index is 3.23. The molecule has 17 heavy (non-hydrogen) atoms. The van der Waals surface area contributed by atoms with Crippen molar-refractivity contribution < 1.29 is 9.90 Å². The van der Waals surface area contributed by atoms with Gasteiger partial charge in [0, 0.05) is 19.3 Å². The fourth-order valence-corrected chi connectivity index (χ4v) is 1.71. The average molecular weight is 234 g/mol. The summed E-state index contributed by atoms with van der Waals surface area (Å²) in [4.78, 5) is 17.4. The van der Waals surface area contributed by atoms with Gasteiger partial charge in [-0.05, 0) is 32.4 Å². The van der Waals surface area contributed by atoms with Crippen LogP contribution in [0, 0.1) is 6.92 Å². The van der Waals surface area contributed by atoms with Gasteiger partial charge in [-0.25, -0.2) is 9.78 Å². The monoisotopic (exact) mass is 234 g/mol. The number of aromatic carboxylic acids is 1. The molecule has 4 heteroatoms. The van der Waals surface area contributed by atoms with E-state index in [1.165, 1.54) is 0 Å². The molecule has 1 N–H and O–H groups in total. The van der Waals surface area contributed by atoms with E-state index < -0.39 is 5.97 Å². The number of anilines is 1. The van der Waals surface area contributed by atoms with Gasteiger partial charge in [-0.15, -0.1) is 0 Å². The van der Waals surface area contributed by atoms with Gasteiger partial charge in [0.05, 0.1) is 0 Å². The van der Waals surface area contributed by atoms with Gasteiger partial charge in [0.2, 0.25) is 0 Å². The number of carboxylic acid groups (broad SMARTS) is 1. The summed E-state index contributed by atoms with van der Waals surface area (Å²) in [5, 5.41) is 9.24. The molecule has 0 bridgehead atoms. The van der Waals surface area contributed by atoms with E-state index in [4.69, 9.17) is 0 Å². The van der Waals surface area contributed by atoms with Gasteiger partial charge in [0.25, 0.3) is 0 Å². The zero-order chi connectivity index (χ0) is 13.0. The third-order valence-corrected chi connectivity index (χ3v) is 2.50. The van der Waals surface area contributed by atoms with Crippen LogP contribution in [-0.2, 0) is 0 Å². The van der Waals surface area contributed by atoms with E-state index in [0.717, 1.165) is 11.1 Å². The van der Waals surface area contributed by atoms with Gasteiger partial charge < -0.3 is 10.0 Å². The van der Waals surface area contributed by atoms with Crippen molar-refractivity contribution in [2.24, 2.45) is 0 Å². The van der Waals surface area contributed by atoms with Crippen LogP contribution in [0.5, 0.6) is 0 Å². The van der Waals surface area contributed by atoms with Crippen molar-refractivity contribution in [3.63, 3.8) is 0 Å². The minimum atomic E-state index is -0.939. The van der Waals surface area contributed by atoms with E-state index in [9.17, 15) is 9.90 Å². The molecule has 0 fully saturated rings. The summed E-state index contributed by atoms with van der Waals surface area (Å²) in [6, 6.07) is 1.71. The molecule has 0 unspecified atom stereocenters. The molecule has 1 aromatic heterocycles. The Hall–Kier alpha value is -1.84. The molecule has 92 valence electrons. The summed E-state index contributed by atoms with van der Waals surface area (Å²) in [6.07, 6.45) is 1.64. The highest BCUT2D eigenvalue weighted by atomic mass is 16.4. The van der Waals surface area contributed by atoms with Crippen LogP contribution < -0.4 is 4.90 Å². The van der Waals surface area contributed by atoms with E-state index in [0.29, 0.717) is 18.9 Å². The van der Waals surface area contributed by atoms with Crippen molar-refractivity contribution >= 4 is 11.8 Å². The lowest BCUT2D eigenvalue weighted by Crippen LogP contribution is -2.27. The second kappa shape index (κ2) is 5.48. The van der Waals surface area contributed by atoms with Crippen LogP contribution in [0.4, 0.5) is 5.82 Å². The van der Waals surface area contributed by atoms with Gasteiger partial charge in [-0.2, -0.15) is 0 Å². The third kappa shape index (κ3) is 3.06. The van der Waals surface area contributed by atoms with Crippen LogP contribution in [0.3, 0.4) is 0 Å². The number of nitrogens with zero attached hydrogens (tertiary/aromatic N) is 2. The quantitative estimate of drug-likeness (QED) is 0.795. The molecule has 0 aliphatic carbocycles. The molecule has 0 saturated heterocycles. The number of carboxylic acids is 1. The van der Waals surface area contributed by atoms with Crippen LogP contribution in [0.2, 0.25) is 0 Å². The second-order valence-electron chi connectivity index (χ2n) is 4.10. The minimum absolute atomic E-state index is 0.274. The van der Waals surface area contributed by atoms with Gasteiger partial charge in [0.15, 0.2) is 0 Å². The zero-order valence-electron chi connectivity index (χ0n) is 10.5. The molecule has 0 saturated carbocycles. The average Bonchev–Trinajstić information content (AvgIpc) is 2.24. The Morgan fingerprint density at radius 3 is 2.71 bits per heavy atom. The van der Waals surface area contributed by atoms with E-state index in [-0.39, 0.29) is 5.56 Å². The topological polar surface area (TPSA) is 53.4 Å². The molecule has 0 aliphatic heterocycles. The number of aryl methyl sites for hydroxylation is 1. The van der Waals surface area contributed by atoms with E-state index in [2.05, 4.69) is 11.6 Å². The summed E-state index contributed by atoms with van der Waals surface area (Å²) in [7, 11) is 0. The van der Waals surface area contributed by atoms with Crippen LogP contribution in [0.1, 0.15) is 29.8 Å². The number of carbonyl (C=O) groups is 1. The molecule has 4 nitrogen and oxygen atoms in total. The molecular formula is C13H18N2O2. The molecule has 0 aliphatic rings. The summed E-state index contributed by atoms with van der Waals surface area (Å²) >= 11 is 0. The van der Waals surface area contributed by atoms with Crippen LogP contribution in [0.15, 0.2) is 24.4 Å². The third-order valence-electron chi connectivity index (χ3n) is 2.50. The number of rotatable bonds is 5. The smallest absolute Gasteiger partial charge is 0.339 e. The van der Waals surface area contributed by atoms with Gasteiger partial charge in [-0.3, -0.25) is 0 Å². The van der Waals surface area contributed by atoms with Gasteiger partial charge >= 0.3 is 5.97 Å². The zero-order valence-corrected chi connectivity index (χ0v) is 10.5. The number of aromatic nitrogens is 1. The van der Waals surface area contributed by atoms with Crippen LogP contribution in [0.25, 0.3) is 0 Å². The van der Waals surface area contributed by atoms with E-state index >= 15 is 0 Å². The normalized spacial score (nSPS) is 10.1. The second-order valence-corrected chi connectivity index (χ2v) is 4.10. The first-order valence-electron chi connectivity index (χ1n) is 5.55. The van der Waals surface area contributed by atoms with Crippen molar-refractivity contribution in [1.29, 1.82) is 0 Å². The molecule has 1 aromatic rings. The van der Waals surface area contributed by atoms with Crippen molar-refractivity contribution in [1.82, 2.24) is 4.98 Å². The van der Waals surface area contributed by atoms with Crippen molar-refractivity contribution in [2.45, 2.75) is 20.8 Å². The highest BCUT2D eigenvalue weighted by Crippen LogP contribution is 2.21. The predicted octanol–water partition coefficient (Wildman–Crippen LogP) is 2.49. The lowest BCUT2D eigenvalue weighted by atomic mass is 10.1. The molecule has 1 heterocycles. The summed E-state index contributed by atoms with van der Waals surface area (Å²) in [6.45, 7) is 10.8. The Bertz CT molecular complexity index is 441. The summed E-state index contributed by atoms with van der Waals surface area (Å²) in [5.74, 6) is -0.422. The van der Waals surface area contributed by atoms with E-state index in [1.807, 2.05) is 18.7 Å². The van der Waals surface area contributed by atoms with Crippen LogP contribution in [-0.4, -0.2) is 29.1 Å². The highest BCUT2D eigenvalue weighted by molar-refractivity contribution is 5.95. The molecule has 0 amide bonds. The molecule has 0 spiro atoms. The van der Waals surface area contributed by atoms with Gasteiger partial charge in [0.1, 0.15) is 11.4 Å². The minimum Gasteiger partial charge on any atom is -0.478 e. The Kier molecular flexibility index (Phi) is 4.26. The predicted molar refractivity (Wildman–Crippen MR) is 68.6 cm³/mol. The maximum Gasteiger partial charge on any atom is 0.339 e. The molecule has 0 radical (unpaired) electrons. The van der Waals surface area contributed by atoms with E-state index in [1.54, 1.807) is 19.2 Å². The number of hydrogen-bond acceptors (Lipinski definition) is 3. The Morgan fingerprint density at radius 2 is 2.24 bits per heavy atom. The van der Waals surface area contributed by atoms with Crippen molar-refractivity contribution in [3.8, 4) is 0 Å². The lowest BCUT2D eigenvalue weighted by molar-refractivity contribution is 0.0696. The first-order valence-corrected chi connectivity index (χ1v) is 5.55. The Labute approximate surface area is 102 Å². The van der Waals surface area contributed by atoms with Crippen LogP contribution >= 0.6 is 0 Å². The first-order chi connectivity index (χ1) is 7.97. The molecule has 0 aromatic carbocycles. The molecule has 0 atom stereocenters. The fraction of sp³-hybridized carbons (Fsp3) is 0.385. The number of likely N-dealkylation sites (N-methyl/N-ethyl adjacent to an activating group) is 1. The van der Waals surface area contributed by atoms with Gasteiger partial charge in [-0.1, -0.05) is 12.2 Å². The van der Waals surface area contributed by atoms with Crippen molar-refractivity contribution in [3.05, 3.63) is 35.5 Å². The maximum absolute atomic E-state index is 11.3. The standard InChI is InChI=1S/C13H18N2O2/c1-5-15(8-9(2)3)12-11(13(16)17)10(4)6-7-14-12/h6-7H,2,5,8H2,1,3-4H3,(H,16,17). The summed E-state index contributed by atoms with van der Waals surface area (Å²) in [5.41, 5.74) is 1.98. The van der Waals surface area contributed by atoms with Crippen molar-refractivity contribution in [2.75, 3.05) is 18.0 Å². The molecule has 1 rings (SSSR count). The lowest BCUT2D eigenvalue weighted by Gasteiger charge is -2.24. The summed E-state index contributed by atoms with van der Waals surface area (Å²) < 4.78 is 0. The largest absolute Gasteiger partial charge is 0.478 e. The number of hydrogen-bond donors (Lipinski definition) is 1. The maximum atomic E-state index is 11.3. The highest BCUT2D eigenvalue weighted by Gasteiger charge is 2.18. The first kappa shape index (κ1) is 13.2. The number of pyridine rings is 1. The fourth-order valence-electron chi connectivity index (χ4n) is 1.71.